The lowest BCUT2D eigenvalue weighted by atomic mass is 10.1. The van der Waals surface area contributed by atoms with E-state index in [0.717, 1.165) is 32.1 Å². The van der Waals surface area contributed by atoms with Crippen LogP contribution in [0.3, 0.4) is 0 Å². The molecular weight excluding hydrogens is 332 g/mol. The van der Waals surface area contributed by atoms with Crippen molar-refractivity contribution in [2.45, 2.75) is 103 Å². The van der Waals surface area contributed by atoms with Gasteiger partial charge in [0.05, 0.1) is 0 Å². The van der Waals surface area contributed by atoms with Crippen molar-refractivity contribution in [3.63, 3.8) is 0 Å². The van der Waals surface area contributed by atoms with Crippen LogP contribution in [0, 0.1) is 0 Å². The molecule has 1 atom stereocenters. The van der Waals surface area contributed by atoms with Crippen molar-refractivity contribution in [3.05, 3.63) is 12.2 Å². The third-order valence-electron chi connectivity index (χ3n) is 4.33. The van der Waals surface area contributed by atoms with Crippen LogP contribution in [-0.2, 0) is 14.3 Å². The second-order valence-corrected chi connectivity index (χ2v) is 6.87. The molecule has 0 aliphatic carbocycles. The van der Waals surface area contributed by atoms with E-state index in [1.165, 1.54) is 51.4 Å². The quantitative estimate of drug-likeness (QED) is 0.201. The van der Waals surface area contributed by atoms with Gasteiger partial charge in [-0.2, -0.15) is 0 Å². The van der Waals surface area contributed by atoms with Crippen molar-refractivity contribution >= 4 is 11.9 Å². The third-order valence-corrected chi connectivity index (χ3v) is 4.33. The Morgan fingerprint density at radius 3 is 1.88 bits per heavy atom. The summed E-state index contributed by atoms with van der Waals surface area (Å²) in [6.07, 6.45) is 18.8. The molecule has 0 aromatic carbocycles. The summed E-state index contributed by atoms with van der Waals surface area (Å²) in [6.45, 7) is 1.77. The molecule has 0 heterocycles. The minimum absolute atomic E-state index is 0.282. The highest BCUT2D eigenvalue weighted by atomic mass is 16.5. The molecule has 0 spiro atoms. The number of aliphatic hydroxyl groups excluding tert-OH is 1. The Kier molecular flexibility index (Phi) is 17.5. The third kappa shape index (κ3) is 17.5. The SMILES string of the molecule is CCCCCCCC/C=C\CCCCCCCC(=O)OCC(O)C(=O)O. The molecule has 0 rings (SSSR count). The average Bonchev–Trinajstić information content (AvgIpc) is 2.62. The van der Waals surface area contributed by atoms with Crippen LogP contribution in [0.5, 0.6) is 0 Å². The molecule has 0 aliphatic heterocycles. The lowest BCUT2D eigenvalue weighted by Crippen LogP contribution is -2.26. The van der Waals surface area contributed by atoms with E-state index in [1.54, 1.807) is 0 Å². The van der Waals surface area contributed by atoms with E-state index in [4.69, 9.17) is 14.9 Å². The summed E-state index contributed by atoms with van der Waals surface area (Å²) in [4.78, 5) is 21.7. The van der Waals surface area contributed by atoms with E-state index in [1.807, 2.05) is 0 Å². The summed E-state index contributed by atoms with van der Waals surface area (Å²) in [7, 11) is 0. The second-order valence-electron chi connectivity index (χ2n) is 6.87. The summed E-state index contributed by atoms with van der Waals surface area (Å²) < 4.78 is 4.71. The zero-order chi connectivity index (χ0) is 19.5. The highest BCUT2D eigenvalue weighted by Crippen LogP contribution is 2.10. The van der Waals surface area contributed by atoms with Crippen LogP contribution in [0.15, 0.2) is 12.2 Å². The predicted octanol–water partition coefficient (Wildman–Crippen LogP) is 5.01. The molecule has 0 amide bonds. The van der Waals surface area contributed by atoms with Crippen molar-refractivity contribution in [1.29, 1.82) is 0 Å². The molecule has 0 bridgehead atoms. The molecular formula is C21H38O5. The maximum absolute atomic E-state index is 11.4. The fraction of sp³-hybridized carbons (Fsp3) is 0.810. The normalized spacial score (nSPS) is 12.4. The number of hydrogen-bond acceptors (Lipinski definition) is 4. The molecule has 2 N–H and O–H groups in total. The van der Waals surface area contributed by atoms with Crippen molar-refractivity contribution in [1.82, 2.24) is 0 Å². The number of carbonyl (C=O) groups excluding carboxylic acids is 1. The van der Waals surface area contributed by atoms with E-state index in [9.17, 15) is 9.59 Å². The van der Waals surface area contributed by atoms with E-state index in [0.29, 0.717) is 0 Å². The van der Waals surface area contributed by atoms with Crippen LogP contribution in [-0.4, -0.2) is 34.9 Å². The Morgan fingerprint density at radius 2 is 1.35 bits per heavy atom. The van der Waals surface area contributed by atoms with Gasteiger partial charge in [0.1, 0.15) is 6.61 Å². The number of aliphatic hydroxyl groups is 1. The number of hydrogen-bond donors (Lipinski definition) is 2. The number of rotatable bonds is 18. The van der Waals surface area contributed by atoms with Gasteiger partial charge in [-0.15, -0.1) is 0 Å². The van der Waals surface area contributed by atoms with Crippen LogP contribution in [0.4, 0.5) is 0 Å². The Balaban J connectivity index is 3.29. The Bertz CT molecular complexity index is 379. The van der Waals surface area contributed by atoms with Gasteiger partial charge in [0.2, 0.25) is 0 Å². The van der Waals surface area contributed by atoms with Crippen molar-refractivity contribution in [2.75, 3.05) is 6.61 Å². The zero-order valence-electron chi connectivity index (χ0n) is 16.5. The summed E-state index contributed by atoms with van der Waals surface area (Å²) in [5.41, 5.74) is 0. The van der Waals surface area contributed by atoms with Gasteiger partial charge in [0, 0.05) is 6.42 Å². The molecule has 0 saturated heterocycles. The van der Waals surface area contributed by atoms with E-state index in [-0.39, 0.29) is 6.42 Å². The average molecular weight is 371 g/mol. The molecule has 0 aromatic heterocycles. The van der Waals surface area contributed by atoms with Crippen LogP contribution in [0.25, 0.3) is 0 Å². The van der Waals surface area contributed by atoms with Gasteiger partial charge in [-0.1, -0.05) is 70.4 Å². The molecule has 152 valence electrons. The van der Waals surface area contributed by atoms with Gasteiger partial charge in [0.25, 0.3) is 0 Å². The molecule has 26 heavy (non-hydrogen) atoms. The molecule has 0 aliphatic rings. The van der Waals surface area contributed by atoms with Gasteiger partial charge >= 0.3 is 11.9 Å². The largest absolute Gasteiger partial charge is 0.479 e. The summed E-state index contributed by atoms with van der Waals surface area (Å²) in [6, 6.07) is 0. The van der Waals surface area contributed by atoms with Gasteiger partial charge in [-0.05, 0) is 32.1 Å². The molecule has 1 unspecified atom stereocenters. The fourth-order valence-corrected chi connectivity index (χ4v) is 2.66. The fourth-order valence-electron chi connectivity index (χ4n) is 2.66. The summed E-state index contributed by atoms with van der Waals surface area (Å²) >= 11 is 0. The minimum atomic E-state index is -1.63. The number of unbranched alkanes of at least 4 members (excludes halogenated alkanes) is 11. The Morgan fingerprint density at radius 1 is 0.846 bits per heavy atom. The lowest BCUT2D eigenvalue weighted by Gasteiger charge is -2.07. The zero-order valence-corrected chi connectivity index (χ0v) is 16.5. The standard InChI is InChI=1S/C21H38O5/c1-2-3-4-5-6-7-8-9-10-11-12-13-14-15-16-17-20(23)26-18-19(22)21(24)25/h9-10,19,22H,2-8,11-18H2,1H3,(H,24,25)/b10-9-. The number of esters is 1. The first-order chi connectivity index (χ1) is 12.6. The Labute approximate surface area is 158 Å². The minimum Gasteiger partial charge on any atom is -0.479 e. The number of aliphatic carboxylic acids is 1. The van der Waals surface area contributed by atoms with Gasteiger partial charge in [-0.3, -0.25) is 4.79 Å². The first kappa shape index (κ1) is 24.6. The van der Waals surface area contributed by atoms with Crippen LogP contribution in [0.1, 0.15) is 96.8 Å². The van der Waals surface area contributed by atoms with E-state index in [2.05, 4.69) is 19.1 Å². The number of carboxylic acid groups (broad SMARTS) is 1. The monoisotopic (exact) mass is 370 g/mol. The highest BCUT2D eigenvalue weighted by molar-refractivity contribution is 5.73. The van der Waals surface area contributed by atoms with E-state index < -0.39 is 24.6 Å². The molecule has 5 heteroatoms. The summed E-state index contributed by atoms with van der Waals surface area (Å²) in [5, 5.41) is 17.5. The number of carboxylic acids is 1. The van der Waals surface area contributed by atoms with Gasteiger partial charge in [0.15, 0.2) is 6.10 Å². The molecule has 0 radical (unpaired) electrons. The topological polar surface area (TPSA) is 83.8 Å². The summed E-state index contributed by atoms with van der Waals surface area (Å²) in [5.74, 6) is -1.82. The number of carbonyl (C=O) groups is 2. The number of allylic oxidation sites excluding steroid dienone is 2. The second kappa shape index (κ2) is 18.4. The first-order valence-electron chi connectivity index (χ1n) is 10.3. The molecule has 5 nitrogen and oxygen atoms in total. The van der Waals surface area contributed by atoms with E-state index >= 15 is 0 Å². The van der Waals surface area contributed by atoms with Crippen molar-refractivity contribution < 1.29 is 24.5 Å². The van der Waals surface area contributed by atoms with Crippen LogP contribution >= 0.6 is 0 Å². The maximum Gasteiger partial charge on any atom is 0.336 e. The molecule has 0 saturated carbocycles. The van der Waals surface area contributed by atoms with Gasteiger partial charge < -0.3 is 14.9 Å². The first-order valence-corrected chi connectivity index (χ1v) is 10.3. The van der Waals surface area contributed by atoms with Crippen molar-refractivity contribution in [2.24, 2.45) is 0 Å². The van der Waals surface area contributed by atoms with Gasteiger partial charge in [-0.25, -0.2) is 4.79 Å². The Hall–Kier alpha value is -1.36. The van der Waals surface area contributed by atoms with Crippen LogP contribution in [0.2, 0.25) is 0 Å². The molecule has 0 aromatic rings. The van der Waals surface area contributed by atoms with Crippen molar-refractivity contribution in [3.8, 4) is 0 Å². The highest BCUT2D eigenvalue weighted by Gasteiger charge is 2.15. The maximum atomic E-state index is 11.4. The van der Waals surface area contributed by atoms with Crippen LogP contribution < -0.4 is 0 Å². The lowest BCUT2D eigenvalue weighted by molar-refractivity contribution is -0.156. The number of ether oxygens (including phenoxy) is 1. The smallest absolute Gasteiger partial charge is 0.336 e. The predicted molar refractivity (Wildman–Crippen MR) is 104 cm³/mol. The molecule has 0 fully saturated rings.